The first kappa shape index (κ1) is 12.9. The first-order valence-corrected chi connectivity index (χ1v) is 5.41. The minimum absolute atomic E-state index is 0.376. The summed E-state index contributed by atoms with van der Waals surface area (Å²) >= 11 is 11.3. The Labute approximate surface area is 103 Å². The number of carboxylic acid groups (broad SMARTS) is 1. The predicted molar refractivity (Wildman–Crippen MR) is 64.3 cm³/mol. The second-order valence-corrected chi connectivity index (χ2v) is 3.67. The zero-order chi connectivity index (χ0) is 12.0. The number of carbonyl (C=O) groups is 1. The SMILES string of the molecule is O=C(O)COc1cc(Cl)ccc1C=CCCl. The maximum atomic E-state index is 10.4. The largest absolute Gasteiger partial charge is 0.481 e. The highest BCUT2D eigenvalue weighted by Crippen LogP contribution is 2.24. The number of halogens is 2. The van der Waals surface area contributed by atoms with E-state index in [1.807, 2.05) is 0 Å². The number of ether oxygens (including phenoxy) is 1. The molecule has 0 aliphatic heterocycles. The number of hydrogen-bond acceptors (Lipinski definition) is 2. The van der Waals surface area contributed by atoms with Crippen molar-refractivity contribution in [1.82, 2.24) is 0 Å². The summed E-state index contributed by atoms with van der Waals surface area (Å²) in [7, 11) is 0. The molecule has 0 bridgehead atoms. The van der Waals surface area contributed by atoms with Crippen LogP contribution in [-0.2, 0) is 4.79 Å². The predicted octanol–water partition coefficient (Wildman–Crippen LogP) is 3.06. The number of carboxylic acids is 1. The van der Waals surface area contributed by atoms with Gasteiger partial charge in [-0.1, -0.05) is 23.8 Å². The average molecular weight is 261 g/mol. The van der Waals surface area contributed by atoms with E-state index in [-0.39, 0.29) is 0 Å². The van der Waals surface area contributed by atoms with E-state index in [1.165, 1.54) is 0 Å². The summed E-state index contributed by atoms with van der Waals surface area (Å²) in [6, 6.07) is 5.00. The Morgan fingerprint density at radius 2 is 2.25 bits per heavy atom. The molecule has 86 valence electrons. The van der Waals surface area contributed by atoms with Gasteiger partial charge in [0.15, 0.2) is 6.61 Å². The fourth-order valence-electron chi connectivity index (χ4n) is 1.08. The smallest absolute Gasteiger partial charge is 0.341 e. The van der Waals surface area contributed by atoms with E-state index in [4.69, 9.17) is 33.0 Å². The van der Waals surface area contributed by atoms with Crippen LogP contribution in [0.4, 0.5) is 0 Å². The molecule has 0 aromatic heterocycles. The van der Waals surface area contributed by atoms with Crippen molar-refractivity contribution in [3.05, 3.63) is 34.9 Å². The van der Waals surface area contributed by atoms with Gasteiger partial charge in [0, 0.05) is 16.5 Å². The molecule has 0 atom stereocenters. The molecular formula is C11H10Cl2O3. The summed E-state index contributed by atoms with van der Waals surface area (Å²) in [5.74, 6) is -0.232. The van der Waals surface area contributed by atoms with Gasteiger partial charge in [-0.15, -0.1) is 11.6 Å². The maximum absolute atomic E-state index is 10.4. The number of hydrogen-bond donors (Lipinski definition) is 1. The number of alkyl halides is 1. The Morgan fingerprint density at radius 1 is 1.50 bits per heavy atom. The molecule has 0 saturated heterocycles. The first-order valence-electron chi connectivity index (χ1n) is 4.50. The molecule has 0 heterocycles. The molecule has 0 spiro atoms. The highest BCUT2D eigenvalue weighted by molar-refractivity contribution is 6.30. The van der Waals surface area contributed by atoms with Gasteiger partial charge in [-0.05, 0) is 18.2 Å². The molecule has 1 N–H and O–H groups in total. The molecule has 1 aromatic carbocycles. The van der Waals surface area contributed by atoms with Crippen LogP contribution in [-0.4, -0.2) is 23.6 Å². The molecule has 0 radical (unpaired) electrons. The summed E-state index contributed by atoms with van der Waals surface area (Å²) in [6.45, 7) is -0.401. The molecule has 0 amide bonds. The lowest BCUT2D eigenvalue weighted by Gasteiger charge is -2.07. The topological polar surface area (TPSA) is 46.5 Å². The van der Waals surface area contributed by atoms with Gasteiger partial charge in [0.1, 0.15) is 5.75 Å². The molecule has 0 unspecified atom stereocenters. The van der Waals surface area contributed by atoms with E-state index in [0.29, 0.717) is 16.7 Å². The Balaban J connectivity index is 2.89. The minimum Gasteiger partial charge on any atom is -0.481 e. The van der Waals surface area contributed by atoms with E-state index in [1.54, 1.807) is 30.4 Å². The van der Waals surface area contributed by atoms with Crippen LogP contribution in [0.3, 0.4) is 0 Å². The first-order chi connectivity index (χ1) is 7.63. The zero-order valence-electron chi connectivity index (χ0n) is 8.32. The Bertz CT molecular complexity index is 402. The number of benzene rings is 1. The third-order valence-electron chi connectivity index (χ3n) is 1.71. The molecule has 3 nitrogen and oxygen atoms in total. The lowest BCUT2D eigenvalue weighted by atomic mass is 10.2. The van der Waals surface area contributed by atoms with Crippen LogP contribution >= 0.6 is 23.2 Å². The molecule has 1 rings (SSSR count). The van der Waals surface area contributed by atoms with Crippen LogP contribution in [0.15, 0.2) is 24.3 Å². The van der Waals surface area contributed by atoms with Crippen LogP contribution in [0.1, 0.15) is 5.56 Å². The second-order valence-electron chi connectivity index (χ2n) is 2.92. The van der Waals surface area contributed by atoms with Gasteiger partial charge in [0.05, 0.1) is 0 Å². The molecule has 0 aliphatic carbocycles. The second kappa shape index (κ2) is 6.40. The number of allylic oxidation sites excluding steroid dienone is 1. The van der Waals surface area contributed by atoms with E-state index in [2.05, 4.69) is 0 Å². The summed E-state index contributed by atoms with van der Waals surface area (Å²) in [5, 5.41) is 9.00. The molecule has 1 aromatic rings. The lowest BCUT2D eigenvalue weighted by molar-refractivity contribution is -0.139. The van der Waals surface area contributed by atoms with Crippen molar-refractivity contribution in [2.24, 2.45) is 0 Å². The standard InChI is InChI=1S/C11H10Cl2O3/c12-5-1-2-8-3-4-9(13)6-10(8)16-7-11(14)15/h1-4,6H,5,7H2,(H,14,15). The summed E-state index contributed by atoms with van der Waals surface area (Å²) in [6.07, 6.45) is 3.49. The van der Waals surface area contributed by atoms with Gasteiger partial charge in [-0.2, -0.15) is 0 Å². The van der Waals surface area contributed by atoms with Gasteiger partial charge < -0.3 is 9.84 Å². The highest BCUT2D eigenvalue weighted by atomic mass is 35.5. The fraction of sp³-hybridized carbons (Fsp3) is 0.182. The van der Waals surface area contributed by atoms with Crippen molar-refractivity contribution in [2.45, 2.75) is 0 Å². The van der Waals surface area contributed by atoms with Crippen molar-refractivity contribution in [3.63, 3.8) is 0 Å². The van der Waals surface area contributed by atoms with E-state index in [0.717, 1.165) is 5.56 Å². The van der Waals surface area contributed by atoms with Crippen molar-refractivity contribution < 1.29 is 14.6 Å². The Kier molecular flexibility index (Phi) is 5.15. The maximum Gasteiger partial charge on any atom is 0.341 e. The number of aliphatic carboxylic acids is 1. The van der Waals surface area contributed by atoms with Crippen molar-refractivity contribution in [1.29, 1.82) is 0 Å². The monoisotopic (exact) mass is 260 g/mol. The van der Waals surface area contributed by atoms with Crippen LogP contribution in [0, 0.1) is 0 Å². The van der Waals surface area contributed by atoms with E-state index < -0.39 is 12.6 Å². The molecular weight excluding hydrogens is 251 g/mol. The van der Waals surface area contributed by atoms with Crippen molar-refractivity contribution in [2.75, 3.05) is 12.5 Å². The van der Waals surface area contributed by atoms with Crippen LogP contribution < -0.4 is 4.74 Å². The van der Waals surface area contributed by atoms with Crippen LogP contribution in [0.2, 0.25) is 5.02 Å². The summed E-state index contributed by atoms with van der Waals surface area (Å²) < 4.78 is 5.10. The molecule has 0 fully saturated rings. The molecule has 5 heteroatoms. The van der Waals surface area contributed by atoms with Gasteiger partial charge in [-0.25, -0.2) is 4.79 Å². The Morgan fingerprint density at radius 3 is 2.88 bits per heavy atom. The van der Waals surface area contributed by atoms with E-state index >= 15 is 0 Å². The quantitative estimate of drug-likeness (QED) is 0.828. The minimum atomic E-state index is -1.03. The summed E-state index contributed by atoms with van der Waals surface area (Å²) in [5.41, 5.74) is 0.742. The van der Waals surface area contributed by atoms with E-state index in [9.17, 15) is 4.79 Å². The van der Waals surface area contributed by atoms with Crippen LogP contribution in [0.25, 0.3) is 6.08 Å². The Hall–Kier alpha value is -1.19. The summed E-state index contributed by atoms with van der Waals surface area (Å²) in [4.78, 5) is 10.4. The zero-order valence-corrected chi connectivity index (χ0v) is 9.83. The average Bonchev–Trinajstić information content (AvgIpc) is 2.25. The highest BCUT2D eigenvalue weighted by Gasteiger charge is 2.04. The lowest BCUT2D eigenvalue weighted by Crippen LogP contribution is -2.10. The van der Waals surface area contributed by atoms with Gasteiger partial charge >= 0.3 is 5.97 Å². The third-order valence-corrected chi connectivity index (χ3v) is 2.13. The molecule has 0 aliphatic rings. The molecule has 0 saturated carbocycles. The van der Waals surface area contributed by atoms with Crippen LogP contribution in [0.5, 0.6) is 5.75 Å². The van der Waals surface area contributed by atoms with Gasteiger partial charge in [-0.3, -0.25) is 0 Å². The van der Waals surface area contributed by atoms with Crippen molar-refractivity contribution >= 4 is 35.2 Å². The van der Waals surface area contributed by atoms with Gasteiger partial charge in [0.2, 0.25) is 0 Å². The fourth-order valence-corrected chi connectivity index (χ4v) is 1.33. The number of rotatable bonds is 5. The third kappa shape index (κ3) is 4.13. The normalized spacial score (nSPS) is 10.6. The van der Waals surface area contributed by atoms with Crippen molar-refractivity contribution in [3.8, 4) is 5.75 Å². The molecule has 16 heavy (non-hydrogen) atoms. The van der Waals surface area contributed by atoms with Gasteiger partial charge in [0.25, 0.3) is 0 Å².